The van der Waals surface area contributed by atoms with Crippen LogP contribution in [0.4, 0.5) is 0 Å². The molecule has 0 saturated carbocycles. The van der Waals surface area contributed by atoms with Gasteiger partial charge in [0.15, 0.2) is 0 Å². The zero-order chi connectivity index (χ0) is 14.7. The van der Waals surface area contributed by atoms with Crippen molar-refractivity contribution in [3.8, 4) is 0 Å². The second-order valence-electron chi connectivity index (χ2n) is 5.49. The summed E-state index contributed by atoms with van der Waals surface area (Å²) in [6.45, 7) is 13.3. The predicted octanol–water partition coefficient (Wildman–Crippen LogP) is 2.20. The molecule has 5 nitrogen and oxygen atoms in total. The van der Waals surface area contributed by atoms with Gasteiger partial charge in [-0.2, -0.15) is 10.2 Å². The Balaban J connectivity index is 1.93. The molecule has 0 aliphatic heterocycles. The maximum Gasteiger partial charge on any atom is 0.0641 e. The van der Waals surface area contributed by atoms with Crippen LogP contribution in [0.25, 0.3) is 0 Å². The van der Waals surface area contributed by atoms with Gasteiger partial charge in [0.1, 0.15) is 0 Å². The van der Waals surface area contributed by atoms with Gasteiger partial charge in [-0.25, -0.2) is 0 Å². The lowest BCUT2D eigenvalue weighted by Crippen LogP contribution is -2.30. The number of hydrogen-bond acceptors (Lipinski definition) is 3. The monoisotopic (exact) mass is 275 g/mol. The van der Waals surface area contributed by atoms with Crippen molar-refractivity contribution >= 4 is 0 Å². The van der Waals surface area contributed by atoms with Crippen LogP contribution in [0.15, 0.2) is 12.4 Å². The zero-order valence-electron chi connectivity index (χ0n) is 13.1. The minimum absolute atomic E-state index is 0.373. The van der Waals surface area contributed by atoms with Gasteiger partial charge in [0.2, 0.25) is 0 Å². The van der Waals surface area contributed by atoms with Crippen molar-refractivity contribution in [2.75, 3.05) is 0 Å². The standard InChI is InChI=1S/C15H25N5/c1-6-20-14(5)15(13(4)18-20)8-16-12(3)10-19-9-11(2)7-17-19/h7,9,12,16H,6,8,10H2,1-5H3/t12-/m0/s1. The Morgan fingerprint density at radius 3 is 2.60 bits per heavy atom. The average Bonchev–Trinajstić information content (AvgIpc) is 2.92. The molecular weight excluding hydrogens is 250 g/mol. The number of aryl methyl sites for hydroxylation is 3. The van der Waals surface area contributed by atoms with E-state index in [9.17, 15) is 0 Å². The highest BCUT2D eigenvalue weighted by Gasteiger charge is 2.11. The largest absolute Gasteiger partial charge is 0.308 e. The van der Waals surface area contributed by atoms with Gasteiger partial charge in [-0.05, 0) is 40.2 Å². The van der Waals surface area contributed by atoms with Crippen LogP contribution >= 0.6 is 0 Å². The molecule has 0 unspecified atom stereocenters. The number of nitrogens with one attached hydrogen (secondary N) is 1. The number of aromatic nitrogens is 4. The smallest absolute Gasteiger partial charge is 0.0641 e. The molecule has 110 valence electrons. The predicted molar refractivity (Wildman–Crippen MR) is 80.6 cm³/mol. The lowest BCUT2D eigenvalue weighted by Gasteiger charge is -2.14. The molecule has 0 radical (unpaired) electrons. The van der Waals surface area contributed by atoms with Gasteiger partial charge in [0.25, 0.3) is 0 Å². The Kier molecular flexibility index (Phi) is 4.60. The fourth-order valence-corrected chi connectivity index (χ4v) is 2.49. The van der Waals surface area contributed by atoms with Crippen LogP contribution in [0.3, 0.4) is 0 Å². The maximum atomic E-state index is 4.55. The van der Waals surface area contributed by atoms with Gasteiger partial charge >= 0.3 is 0 Å². The van der Waals surface area contributed by atoms with Crippen LogP contribution in [0.1, 0.15) is 36.4 Å². The number of hydrogen-bond donors (Lipinski definition) is 1. The Morgan fingerprint density at radius 1 is 1.30 bits per heavy atom. The molecule has 0 aromatic carbocycles. The van der Waals surface area contributed by atoms with E-state index in [4.69, 9.17) is 0 Å². The van der Waals surface area contributed by atoms with Crippen molar-refractivity contribution in [3.05, 3.63) is 34.9 Å². The van der Waals surface area contributed by atoms with E-state index in [1.807, 2.05) is 10.9 Å². The molecule has 2 aromatic heterocycles. The van der Waals surface area contributed by atoms with Gasteiger partial charge in [0.05, 0.1) is 18.4 Å². The minimum atomic E-state index is 0.373. The van der Waals surface area contributed by atoms with E-state index in [0.717, 1.165) is 25.3 Å². The van der Waals surface area contributed by atoms with Crippen LogP contribution in [0.5, 0.6) is 0 Å². The molecule has 2 heterocycles. The molecule has 20 heavy (non-hydrogen) atoms. The maximum absolute atomic E-state index is 4.55. The highest BCUT2D eigenvalue weighted by Crippen LogP contribution is 2.13. The third-order valence-corrected chi connectivity index (χ3v) is 3.68. The van der Waals surface area contributed by atoms with Crippen molar-refractivity contribution in [2.24, 2.45) is 0 Å². The molecule has 1 N–H and O–H groups in total. The third-order valence-electron chi connectivity index (χ3n) is 3.68. The molecule has 0 amide bonds. The zero-order valence-corrected chi connectivity index (χ0v) is 13.1. The van der Waals surface area contributed by atoms with Crippen LogP contribution in [0, 0.1) is 20.8 Å². The Morgan fingerprint density at radius 2 is 2.05 bits per heavy atom. The summed E-state index contributed by atoms with van der Waals surface area (Å²) in [5, 5.41) is 12.4. The normalized spacial score (nSPS) is 12.8. The summed E-state index contributed by atoms with van der Waals surface area (Å²) in [6.07, 6.45) is 3.97. The van der Waals surface area contributed by atoms with Crippen LogP contribution < -0.4 is 5.32 Å². The molecule has 5 heteroatoms. The molecule has 0 saturated heterocycles. The Labute approximate surface area is 121 Å². The second kappa shape index (κ2) is 6.22. The van der Waals surface area contributed by atoms with Crippen LogP contribution in [-0.4, -0.2) is 25.6 Å². The minimum Gasteiger partial charge on any atom is -0.308 e. The van der Waals surface area contributed by atoms with Gasteiger partial charge in [-0.3, -0.25) is 9.36 Å². The molecule has 1 atom stereocenters. The van der Waals surface area contributed by atoms with E-state index in [1.165, 1.54) is 16.8 Å². The van der Waals surface area contributed by atoms with Gasteiger partial charge in [-0.15, -0.1) is 0 Å². The molecule has 0 fully saturated rings. The fourth-order valence-electron chi connectivity index (χ4n) is 2.49. The number of nitrogens with zero attached hydrogens (tertiary/aromatic N) is 4. The lowest BCUT2D eigenvalue weighted by atomic mass is 10.2. The van der Waals surface area contributed by atoms with Crippen molar-refractivity contribution in [3.63, 3.8) is 0 Å². The van der Waals surface area contributed by atoms with Gasteiger partial charge in [0, 0.05) is 36.6 Å². The molecule has 2 aromatic rings. The second-order valence-corrected chi connectivity index (χ2v) is 5.49. The van der Waals surface area contributed by atoms with E-state index < -0.39 is 0 Å². The first-order valence-corrected chi connectivity index (χ1v) is 7.26. The van der Waals surface area contributed by atoms with E-state index in [1.54, 1.807) is 0 Å². The topological polar surface area (TPSA) is 47.7 Å². The van der Waals surface area contributed by atoms with E-state index in [2.05, 4.69) is 61.0 Å². The van der Waals surface area contributed by atoms with Crippen molar-refractivity contribution in [1.82, 2.24) is 24.9 Å². The summed E-state index contributed by atoms with van der Waals surface area (Å²) >= 11 is 0. The van der Waals surface area contributed by atoms with E-state index in [-0.39, 0.29) is 0 Å². The summed E-state index contributed by atoms with van der Waals surface area (Å²) in [6, 6.07) is 0.373. The highest BCUT2D eigenvalue weighted by atomic mass is 15.3. The third kappa shape index (κ3) is 3.28. The van der Waals surface area contributed by atoms with Crippen molar-refractivity contribution < 1.29 is 0 Å². The van der Waals surface area contributed by atoms with Crippen LogP contribution in [0.2, 0.25) is 0 Å². The molecular formula is C15H25N5. The summed E-state index contributed by atoms with van der Waals surface area (Å²) in [7, 11) is 0. The van der Waals surface area contributed by atoms with Gasteiger partial charge < -0.3 is 5.32 Å². The highest BCUT2D eigenvalue weighted by molar-refractivity contribution is 5.24. The Hall–Kier alpha value is -1.62. The van der Waals surface area contributed by atoms with E-state index >= 15 is 0 Å². The molecule has 0 aliphatic rings. The number of rotatable bonds is 6. The molecule has 2 rings (SSSR count). The Bertz CT molecular complexity index is 567. The van der Waals surface area contributed by atoms with E-state index in [0.29, 0.717) is 6.04 Å². The summed E-state index contributed by atoms with van der Waals surface area (Å²) < 4.78 is 4.05. The first kappa shape index (κ1) is 14.8. The molecule has 0 bridgehead atoms. The van der Waals surface area contributed by atoms with Crippen LogP contribution in [-0.2, 0) is 19.6 Å². The summed E-state index contributed by atoms with van der Waals surface area (Å²) in [5.74, 6) is 0. The lowest BCUT2D eigenvalue weighted by molar-refractivity contribution is 0.449. The average molecular weight is 275 g/mol. The van der Waals surface area contributed by atoms with Crippen molar-refractivity contribution in [1.29, 1.82) is 0 Å². The fraction of sp³-hybridized carbons (Fsp3) is 0.600. The van der Waals surface area contributed by atoms with Gasteiger partial charge in [-0.1, -0.05) is 0 Å². The summed E-state index contributed by atoms with van der Waals surface area (Å²) in [4.78, 5) is 0. The first-order valence-electron chi connectivity index (χ1n) is 7.26. The molecule has 0 aliphatic carbocycles. The quantitative estimate of drug-likeness (QED) is 0.879. The summed E-state index contributed by atoms with van der Waals surface area (Å²) in [5.41, 5.74) is 4.90. The SMILES string of the molecule is CCn1nc(C)c(CN[C@@H](C)Cn2cc(C)cn2)c1C. The molecule has 0 spiro atoms. The first-order chi connectivity index (χ1) is 9.51. The van der Waals surface area contributed by atoms with Crippen molar-refractivity contribution in [2.45, 2.75) is 60.3 Å².